The van der Waals surface area contributed by atoms with E-state index in [4.69, 9.17) is 4.74 Å². The first kappa shape index (κ1) is 28.2. The van der Waals surface area contributed by atoms with Crippen LogP contribution in [0.5, 0.6) is 5.75 Å². The molecule has 160 valence electrons. The Balaban J connectivity index is 0. The van der Waals surface area contributed by atoms with Gasteiger partial charge in [0.2, 0.25) is 0 Å². The van der Waals surface area contributed by atoms with Gasteiger partial charge in [0.15, 0.2) is 0 Å². The van der Waals surface area contributed by atoms with E-state index in [1.807, 2.05) is 34.8 Å². The predicted octanol–water partition coefficient (Wildman–Crippen LogP) is 9.33. The summed E-state index contributed by atoms with van der Waals surface area (Å²) in [5, 5.41) is 0. The molecule has 0 fully saturated rings. The highest BCUT2D eigenvalue weighted by atomic mass is 16.5. The fraction of sp³-hybridized carbons (Fsp3) is 0.769. The van der Waals surface area contributed by atoms with Crippen LogP contribution in [0.15, 0.2) is 18.2 Å². The summed E-state index contributed by atoms with van der Waals surface area (Å²) < 4.78 is 5.76. The normalized spacial score (nSPS) is 11.6. The highest BCUT2D eigenvalue weighted by molar-refractivity contribution is 5.40. The first-order valence-corrected chi connectivity index (χ1v) is 11.7. The molecule has 1 atom stereocenters. The molecule has 0 aromatic heterocycles. The summed E-state index contributed by atoms with van der Waals surface area (Å²) in [6.45, 7) is 19.5. The van der Waals surface area contributed by atoms with Gasteiger partial charge < -0.3 is 4.74 Å². The Morgan fingerprint density at radius 1 is 0.852 bits per heavy atom. The van der Waals surface area contributed by atoms with Crippen molar-refractivity contribution in [1.29, 1.82) is 0 Å². The minimum Gasteiger partial charge on any atom is -0.496 e. The molecule has 0 bridgehead atoms. The molecular formula is C26H50O. The molecular weight excluding hydrogens is 328 g/mol. The van der Waals surface area contributed by atoms with Crippen LogP contribution in [0.25, 0.3) is 0 Å². The molecule has 0 aliphatic carbocycles. The molecule has 1 rings (SSSR count). The number of unbranched alkanes of at least 4 members (excludes halogenated alkanes) is 1. The minimum absolute atomic E-state index is 0.427. The van der Waals surface area contributed by atoms with Crippen molar-refractivity contribution in [3.8, 4) is 5.75 Å². The van der Waals surface area contributed by atoms with Crippen molar-refractivity contribution in [3.05, 3.63) is 29.3 Å². The van der Waals surface area contributed by atoms with Crippen LogP contribution in [0.4, 0.5) is 0 Å². The molecule has 0 amide bonds. The van der Waals surface area contributed by atoms with Gasteiger partial charge in [-0.3, -0.25) is 0 Å². The van der Waals surface area contributed by atoms with Crippen molar-refractivity contribution in [3.63, 3.8) is 0 Å². The lowest BCUT2D eigenvalue weighted by atomic mass is 9.63. The van der Waals surface area contributed by atoms with Crippen LogP contribution in [-0.4, -0.2) is 7.11 Å². The van der Waals surface area contributed by atoms with Crippen LogP contribution in [0.2, 0.25) is 0 Å². The quantitative estimate of drug-likeness (QED) is 0.372. The standard InChI is InChI=1S/C22H38O.2C2H6/c1-7-11-16-22(14-8-2,15-9-3)20(10-4)19-13-12-18(5)17-21(19)23-6;2*1-2/h12-13,17,20H,7-11,14-16H2,1-6H3;2*1-2H3. The number of methoxy groups -OCH3 is 1. The average Bonchev–Trinajstić information content (AvgIpc) is 2.71. The lowest BCUT2D eigenvalue weighted by Crippen LogP contribution is -2.29. The van der Waals surface area contributed by atoms with Crippen LogP contribution < -0.4 is 4.74 Å². The third-order valence-corrected chi connectivity index (χ3v) is 5.44. The summed E-state index contributed by atoms with van der Waals surface area (Å²) in [6.07, 6.45) is 10.4. The molecule has 1 aromatic rings. The van der Waals surface area contributed by atoms with Crippen molar-refractivity contribution in [2.75, 3.05) is 7.11 Å². The van der Waals surface area contributed by atoms with Gasteiger partial charge >= 0.3 is 0 Å². The zero-order valence-electron chi connectivity index (χ0n) is 20.4. The molecule has 0 heterocycles. The molecule has 1 nitrogen and oxygen atoms in total. The Kier molecular flexibility index (Phi) is 17.9. The van der Waals surface area contributed by atoms with E-state index in [1.165, 1.54) is 62.5 Å². The maximum Gasteiger partial charge on any atom is 0.122 e. The van der Waals surface area contributed by atoms with Crippen molar-refractivity contribution in [2.24, 2.45) is 5.41 Å². The minimum atomic E-state index is 0.427. The van der Waals surface area contributed by atoms with Crippen molar-refractivity contribution >= 4 is 0 Å². The Morgan fingerprint density at radius 2 is 1.41 bits per heavy atom. The van der Waals surface area contributed by atoms with E-state index < -0.39 is 0 Å². The Morgan fingerprint density at radius 3 is 1.81 bits per heavy atom. The predicted molar refractivity (Wildman–Crippen MR) is 125 cm³/mol. The summed E-state index contributed by atoms with van der Waals surface area (Å²) in [7, 11) is 1.82. The van der Waals surface area contributed by atoms with Crippen LogP contribution in [0.1, 0.15) is 124 Å². The first-order valence-electron chi connectivity index (χ1n) is 11.7. The molecule has 1 unspecified atom stereocenters. The van der Waals surface area contributed by atoms with Crippen molar-refractivity contribution in [2.45, 2.75) is 120 Å². The van der Waals surface area contributed by atoms with Gasteiger partial charge in [-0.25, -0.2) is 0 Å². The fourth-order valence-corrected chi connectivity index (χ4v) is 4.51. The molecule has 0 saturated heterocycles. The highest BCUT2D eigenvalue weighted by Gasteiger charge is 2.37. The van der Waals surface area contributed by atoms with Gasteiger partial charge in [-0.2, -0.15) is 0 Å². The van der Waals surface area contributed by atoms with E-state index in [1.54, 1.807) is 0 Å². The first-order chi connectivity index (χ1) is 13.1. The van der Waals surface area contributed by atoms with Gasteiger partial charge in [0, 0.05) is 0 Å². The third kappa shape index (κ3) is 8.71. The molecule has 27 heavy (non-hydrogen) atoms. The molecule has 1 aromatic carbocycles. The summed E-state index contributed by atoms with van der Waals surface area (Å²) in [4.78, 5) is 0. The Labute approximate surface area is 172 Å². The van der Waals surface area contributed by atoms with E-state index in [9.17, 15) is 0 Å². The lowest BCUT2D eigenvalue weighted by Gasteiger charge is -2.42. The van der Waals surface area contributed by atoms with E-state index in [2.05, 4.69) is 52.8 Å². The molecule has 0 saturated carbocycles. The van der Waals surface area contributed by atoms with Gasteiger partial charge in [-0.15, -0.1) is 0 Å². The van der Waals surface area contributed by atoms with E-state index in [0.29, 0.717) is 11.3 Å². The molecule has 0 radical (unpaired) electrons. The van der Waals surface area contributed by atoms with Crippen LogP contribution in [0, 0.1) is 12.3 Å². The van der Waals surface area contributed by atoms with E-state index in [-0.39, 0.29) is 0 Å². The van der Waals surface area contributed by atoms with Crippen LogP contribution in [0.3, 0.4) is 0 Å². The van der Waals surface area contributed by atoms with E-state index in [0.717, 1.165) is 5.75 Å². The number of aryl methyl sites for hydroxylation is 1. The molecule has 0 spiro atoms. The number of ether oxygens (including phenoxy) is 1. The van der Waals surface area contributed by atoms with Gasteiger partial charge in [0.1, 0.15) is 5.75 Å². The summed E-state index contributed by atoms with van der Waals surface area (Å²) >= 11 is 0. The van der Waals surface area contributed by atoms with Gasteiger partial charge in [0.25, 0.3) is 0 Å². The average molecular weight is 379 g/mol. The molecule has 0 N–H and O–H groups in total. The second-order valence-corrected chi connectivity index (χ2v) is 7.17. The van der Waals surface area contributed by atoms with Crippen molar-refractivity contribution in [1.82, 2.24) is 0 Å². The zero-order valence-corrected chi connectivity index (χ0v) is 20.4. The summed E-state index contributed by atoms with van der Waals surface area (Å²) in [5.74, 6) is 1.69. The second-order valence-electron chi connectivity index (χ2n) is 7.17. The Hall–Kier alpha value is -0.980. The number of benzene rings is 1. The largest absolute Gasteiger partial charge is 0.496 e. The molecule has 0 aliphatic heterocycles. The highest BCUT2D eigenvalue weighted by Crippen LogP contribution is 2.51. The van der Waals surface area contributed by atoms with E-state index >= 15 is 0 Å². The lowest BCUT2D eigenvalue weighted by molar-refractivity contribution is 0.150. The monoisotopic (exact) mass is 378 g/mol. The molecule has 0 aliphatic rings. The SMILES string of the molecule is CC.CC.CCCCC(CCC)(CCC)C(CC)c1ccc(C)cc1OC. The van der Waals surface area contributed by atoms with Gasteiger partial charge in [-0.05, 0) is 61.1 Å². The van der Waals surface area contributed by atoms with Gasteiger partial charge in [-0.1, -0.05) is 93.2 Å². The topological polar surface area (TPSA) is 9.23 Å². The van der Waals surface area contributed by atoms with Crippen LogP contribution >= 0.6 is 0 Å². The zero-order chi connectivity index (χ0) is 21.3. The van der Waals surface area contributed by atoms with Crippen molar-refractivity contribution < 1.29 is 4.74 Å². The maximum atomic E-state index is 5.76. The molecule has 1 heteroatoms. The summed E-state index contributed by atoms with van der Waals surface area (Å²) in [5.41, 5.74) is 3.14. The Bertz CT molecular complexity index is 444. The number of hydrogen-bond acceptors (Lipinski definition) is 1. The number of hydrogen-bond donors (Lipinski definition) is 0. The fourth-order valence-electron chi connectivity index (χ4n) is 4.51. The second kappa shape index (κ2) is 17.1. The number of rotatable bonds is 11. The smallest absolute Gasteiger partial charge is 0.122 e. The maximum absolute atomic E-state index is 5.76. The third-order valence-electron chi connectivity index (χ3n) is 5.44. The van der Waals surface area contributed by atoms with Crippen LogP contribution in [-0.2, 0) is 0 Å². The summed E-state index contributed by atoms with van der Waals surface area (Å²) in [6, 6.07) is 6.79. The van der Waals surface area contributed by atoms with Gasteiger partial charge in [0.05, 0.1) is 7.11 Å².